The van der Waals surface area contributed by atoms with E-state index in [1.165, 1.54) is 11.5 Å². The number of aromatic nitrogens is 1. The van der Waals surface area contributed by atoms with Gasteiger partial charge in [0, 0.05) is 25.2 Å². The molecule has 6 nitrogen and oxygen atoms in total. The molecule has 1 saturated carbocycles. The molecular weight excluding hydrogens is 286 g/mol. The summed E-state index contributed by atoms with van der Waals surface area (Å²) in [4.78, 5) is 16.9. The average molecular weight is 309 g/mol. The number of hydrogen-bond donors (Lipinski definition) is 2. The SMILES string of the molecule is CN(C)CC1CCCN1c1snc(N)c1C(=O)NC1CC1. The molecule has 2 fully saturated rings. The van der Waals surface area contributed by atoms with E-state index in [1.54, 1.807) is 0 Å². The van der Waals surface area contributed by atoms with Gasteiger partial charge in [-0.3, -0.25) is 4.79 Å². The van der Waals surface area contributed by atoms with E-state index in [1.807, 2.05) is 0 Å². The number of likely N-dealkylation sites (N-methyl/N-ethyl adjacent to an activating group) is 1. The molecule has 1 unspecified atom stereocenters. The Balaban J connectivity index is 1.82. The maximum absolute atomic E-state index is 12.4. The predicted octanol–water partition coefficient (Wildman–Crippen LogP) is 1.15. The van der Waals surface area contributed by atoms with Crippen LogP contribution in [0.4, 0.5) is 10.8 Å². The van der Waals surface area contributed by atoms with Crippen LogP contribution in [0.3, 0.4) is 0 Å². The van der Waals surface area contributed by atoms with E-state index in [0.29, 0.717) is 23.5 Å². The van der Waals surface area contributed by atoms with E-state index in [4.69, 9.17) is 5.73 Å². The molecule has 1 saturated heterocycles. The van der Waals surface area contributed by atoms with Gasteiger partial charge in [-0.15, -0.1) is 0 Å². The molecule has 3 rings (SSSR count). The summed E-state index contributed by atoms with van der Waals surface area (Å²) in [6, 6.07) is 0.771. The van der Waals surface area contributed by atoms with Crippen molar-refractivity contribution in [2.75, 3.05) is 37.8 Å². The van der Waals surface area contributed by atoms with Gasteiger partial charge < -0.3 is 20.9 Å². The van der Waals surface area contributed by atoms with Gasteiger partial charge in [0.1, 0.15) is 10.6 Å². The number of carbonyl (C=O) groups is 1. The van der Waals surface area contributed by atoms with E-state index in [9.17, 15) is 4.79 Å². The number of nitrogens with one attached hydrogen (secondary N) is 1. The molecule has 3 N–H and O–H groups in total. The molecule has 0 aromatic carbocycles. The number of nitrogen functional groups attached to an aromatic ring is 1. The molecule has 0 spiro atoms. The molecule has 0 bridgehead atoms. The first kappa shape index (κ1) is 14.6. The van der Waals surface area contributed by atoms with E-state index in [-0.39, 0.29) is 5.91 Å². The van der Waals surface area contributed by atoms with E-state index in [0.717, 1.165) is 43.8 Å². The largest absolute Gasteiger partial charge is 0.382 e. The first-order chi connectivity index (χ1) is 10.1. The number of anilines is 2. The summed E-state index contributed by atoms with van der Waals surface area (Å²) < 4.78 is 4.23. The fourth-order valence-electron chi connectivity index (χ4n) is 2.90. The Kier molecular flexibility index (Phi) is 4.03. The van der Waals surface area contributed by atoms with Crippen LogP contribution in [0.5, 0.6) is 0 Å². The van der Waals surface area contributed by atoms with E-state index >= 15 is 0 Å². The van der Waals surface area contributed by atoms with E-state index < -0.39 is 0 Å². The summed E-state index contributed by atoms with van der Waals surface area (Å²) in [5.74, 6) is 0.304. The molecule has 1 aliphatic carbocycles. The Morgan fingerprint density at radius 3 is 2.90 bits per heavy atom. The molecule has 21 heavy (non-hydrogen) atoms. The molecule has 2 aliphatic rings. The van der Waals surface area contributed by atoms with Gasteiger partial charge in [0.25, 0.3) is 5.91 Å². The maximum Gasteiger partial charge on any atom is 0.258 e. The maximum atomic E-state index is 12.4. The molecule has 1 atom stereocenters. The minimum atomic E-state index is -0.0609. The minimum absolute atomic E-state index is 0.0609. The highest BCUT2D eigenvalue weighted by molar-refractivity contribution is 7.11. The molecule has 1 aromatic heterocycles. The summed E-state index contributed by atoms with van der Waals surface area (Å²) in [5, 5.41) is 3.97. The second-order valence-electron chi connectivity index (χ2n) is 6.25. The van der Waals surface area contributed by atoms with Crippen LogP contribution in [0.1, 0.15) is 36.0 Å². The monoisotopic (exact) mass is 309 g/mol. The number of nitrogens with zero attached hydrogens (tertiary/aromatic N) is 3. The molecule has 0 radical (unpaired) electrons. The highest BCUT2D eigenvalue weighted by atomic mass is 32.1. The fraction of sp³-hybridized carbons (Fsp3) is 0.714. The Morgan fingerprint density at radius 2 is 2.24 bits per heavy atom. The van der Waals surface area contributed by atoms with Gasteiger partial charge in [-0.05, 0) is 51.3 Å². The highest BCUT2D eigenvalue weighted by Gasteiger charge is 2.33. The standard InChI is InChI=1S/C14H23N5OS/c1-18(2)8-10-4-3-7-19(10)14-11(12(15)17-21-14)13(20)16-9-5-6-9/h9-10H,3-8H2,1-2H3,(H2,15,17)(H,16,20). The average Bonchev–Trinajstić information content (AvgIpc) is 2.96. The Morgan fingerprint density at radius 1 is 1.48 bits per heavy atom. The van der Waals surface area contributed by atoms with Gasteiger partial charge in [-0.25, -0.2) is 0 Å². The van der Waals surface area contributed by atoms with Crippen molar-refractivity contribution >= 4 is 28.3 Å². The summed E-state index contributed by atoms with van der Waals surface area (Å²) in [7, 11) is 4.16. The van der Waals surface area contributed by atoms with Crippen molar-refractivity contribution in [1.82, 2.24) is 14.6 Å². The van der Waals surface area contributed by atoms with Crippen molar-refractivity contribution in [3.8, 4) is 0 Å². The summed E-state index contributed by atoms with van der Waals surface area (Å²) in [6.45, 7) is 1.96. The van der Waals surface area contributed by atoms with Gasteiger partial charge in [-0.1, -0.05) is 0 Å². The Hall–Kier alpha value is -1.34. The summed E-state index contributed by atoms with van der Waals surface area (Å²) in [6.07, 6.45) is 4.46. The number of nitrogens with two attached hydrogens (primary N) is 1. The highest BCUT2D eigenvalue weighted by Crippen LogP contribution is 2.36. The Labute approximate surface area is 129 Å². The van der Waals surface area contributed by atoms with Gasteiger partial charge >= 0.3 is 0 Å². The fourth-order valence-corrected chi connectivity index (χ4v) is 3.81. The number of carbonyl (C=O) groups excluding carboxylic acids is 1. The van der Waals surface area contributed by atoms with E-state index in [2.05, 4.69) is 33.6 Å². The van der Waals surface area contributed by atoms with Gasteiger partial charge in [-0.2, -0.15) is 4.37 Å². The zero-order valence-electron chi connectivity index (χ0n) is 12.6. The second-order valence-corrected chi connectivity index (χ2v) is 7.00. The quantitative estimate of drug-likeness (QED) is 0.853. The van der Waals surface area contributed by atoms with Crippen LogP contribution >= 0.6 is 11.5 Å². The third-order valence-corrected chi connectivity index (χ3v) is 4.95. The zero-order chi connectivity index (χ0) is 15.0. The van der Waals surface area contributed by atoms with Crippen LogP contribution in [0.2, 0.25) is 0 Å². The van der Waals surface area contributed by atoms with Crippen LogP contribution in [0.25, 0.3) is 0 Å². The van der Waals surface area contributed by atoms with Gasteiger partial charge in [0.2, 0.25) is 0 Å². The zero-order valence-corrected chi connectivity index (χ0v) is 13.4. The van der Waals surface area contributed by atoms with Crippen molar-refractivity contribution in [2.45, 2.75) is 37.8 Å². The van der Waals surface area contributed by atoms with Crippen molar-refractivity contribution < 1.29 is 4.79 Å². The third kappa shape index (κ3) is 3.13. The van der Waals surface area contributed by atoms with Crippen molar-refractivity contribution in [3.63, 3.8) is 0 Å². The number of amides is 1. The molecule has 2 heterocycles. The van der Waals surface area contributed by atoms with Crippen LogP contribution in [-0.4, -0.2) is 54.4 Å². The predicted molar refractivity (Wildman–Crippen MR) is 85.9 cm³/mol. The lowest BCUT2D eigenvalue weighted by atomic mass is 10.2. The minimum Gasteiger partial charge on any atom is -0.382 e. The van der Waals surface area contributed by atoms with Crippen LogP contribution in [0.15, 0.2) is 0 Å². The summed E-state index contributed by atoms with van der Waals surface area (Å²) >= 11 is 1.35. The third-order valence-electron chi connectivity index (χ3n) is 4.05. The lowest BCUT2D eigenvalue weighted by Crippen LogP contribution is -2.38. The number of hydrogen-bond acceptors (Lipinski definition) is 6. The topological polar surface area (TPSA) is 74.5 Å². The van der Waals surface area contributed by atoms with Crippen LogP contribution in [0, 0.1) is 0 Å². The molecule has 1 amide bonds. The van der Waals surface area contributed by atoms with Crippen LogP contribution in [-0.2, 0) is 0 Å². The smallest absolute Gasteiger partial charge is 0.258 e. The molecule has 7 heteroatoms. The van der Waals surface area contributed by atoms with Gasteiger partial charge in [0.15, 0.2) is 5.82 Å². The van der Waals surface area contributed by atoms with Crippen molar-refractivity contribution in [2.24, 2.45) is 0 Å². The molecular formula is C14H23N5OS. The van der Waals surface area contributed by atoms with Crippen LogP contribution < -0.4 is 16.0 Å². The molecule has 1 aliphatic heterocycles. The molecule has 1 aromatic rings. The Bertz CT molecular complexity index is 525. The van der Waals surface area contributed by atoms with Gasteiger partial charge in [0.05, 0.1) is 0 Å². The first-order valence-electron chi connectivity index (χ1n) is 7.53. The van der Waals surface area contributed by atoms with Crippen molar-refractivity contribution in [3.05, 3.63) is 5.56 Å². The second kappa shape index (κ2) is 5.81. The van der Waals surface area contributed by atoms with Crippen molar-refractivity contribution in [1.29, 1.82) is 0 Å². The summed E-state index contributed by atoms with van der Waals surface area (Å²) in [5.41, 5.74) is 6.54. The lowest BCUT2D eigenvalue weighted by molar-refractivity contribution is 0.0952. The normalized spacial score (nSPS) is 22.0. The number of rotatable bonds is 5. The molecule has 116 valence electrons. The first-order valence-corrected chi connectivity index (χ1v) is 8.31. The lowest BCUT2D eigenvalue weighted by Gasteiger charge is -2.28.